The summed E-state index contributed by atoms with van der Waals surface area (Å²) in [7, 11) is 0. The second kappa shape index (κ2) is 4.17. The zero-order valence-corrected chi connectivity index (χ0v) is 9.55. The van der Waals surface area contributed by atoms with Gasteiger partial charge in [0.2, 0.25) is 0 Å². The number of thiophene rings is 1. The van der Waals surface area contributed by atoms with E-state index in [4.69, 9.17) is 5.73 Å². The van der Waals surface area contributed by atoms with Crippen molar-refractivity contribution in [1.29, 1.82) is 0 Å². The number of hydrogen-bond donors (Lipinski definition) is 1. The van der Waals surface area contributed by atoms with Gasteiger partial charge in [0.05, 0.1) is 0 Å². The maximum Gasteiger partial charge on any atom is 0.0361 e. The SMILES string of the molecule is [CH2]c1ccccc1-c1csc([C@@H](C)N)c1. The fourth-order valence-corrected chi connectivity index (χ4v) is 2.40. The van der Waals surface area contributed by atoms with Crippen LogP contribution in [0.2, 0.25) is 0 Å². The van der Waals surface area contributed by atoms with Gasteiger partial charge in [-0.1, -0.05) is 24.3 Å². The molecule has 1 nitrogen and oxygen atoms in total. The van der Waals surface area contributed by atoms with Gasteiger partial charge in [0.1, 0.15) is 0 Å². The van der Waals surface area contributed by atoms with E-state index in [0.29, 0.717) is 0 Å². The second-order valence-electron chi connectivity index (χ2n) is 3.68. The third-order valence-corrected chi connectivity index (χ3v) is 3.53. The molecule has 2 N–H and O–H groups in total. The van der Waals surface area contributed by atoms with Crippen LogP contribution in [0.1, 0.15) is 23.4 Å². The minimum absolute atomic E-state index is 0.112. The van der Waals surface area contributed by atoms with Crippen molar-refractivity contribution in [2.75, 3.05) is 0 Å². The molecule has 1 radical (unpaired) electrons. The van der Waals surface area contributed by atoms with Gasteiger partial charge < -0.3 is 5.73 Å². The standard InChI is InChI=1S/C13H14NS/c1-9-5-3-4-6-12(9)11-7-13(10(2)14)15-8-11/h3-8,10H,1,14H2,2H3/t10-/m1/s1. The highest BCUT2D eigenvalue weighted by Gasteiger charge is 2.06. The molecule has 0 saturated carbocycles. The highest BCUT2D eigenvalue weighted by Crippen LogP contribution is 2.30. The first-order valence-electron chi connectivity index (χ1n) is 4.94. The van der Waals surface area contributed by atoms with Crippen molar-refractivity contribution in [1.82, 2.24) is 0 Å². The van der Waals surface area contributed by atoms with E-state index in [-0.39, 0.29) is 6.04 Å². The highest BCUT2D eigenvalue weighted by molar-refractivity contribution is 7.10. The Morgan fingerprint density at radius 2 is 2.07 bits per heavy atom. The topological polar surface area (TPSA) is 26.0 Å². The molecule has 0 spiro atoms. The summed E-state index contributed by atoms with van der Waals surface area (Å²) in [4.78, 5) is 1.22. The van der Waals surface area contributed by atoms with E-state index in [1.54, 1.807) is 11.3 Å². The first-order valence-corrected chi connectivity index (χ1v) is 5.82. The molecular weight excluding hydrogens is 202 g/mol. The summed E-state index contributed by atoms with van der Waals surface area (Å²) in [6.45, 7) is 6.03. The first-order chi connectivity index (χ1) is 7.18. The average molecular weight is 216 g/mol. The molecule has 0 unspecified atom stereocenters. The molecule has 0 aliphatic carbocycles. The van der Waals surface area contributed by atoms with Crippen molar-refractivity contribution in [3.05, 3.63) is 53.1 Å². The molecule has 1 aromatic carbocycles. The van der Waals surface area contributed by atoms with Crippen LogP contribution in [0.15, 0.2) is 35.7 Å². The Morgan fingerprint density at radius 3 is 2.67 bits per heavy atom. The van der Waals surface area contributed by atoms with Crippen LogP contribution in [0.25, 0.3) is 11.1 Å². The van der Waals surface area contributed by atoms with Crippen LogP contribution in [0.3, 0.4) is 0 Å². The molecule has 1 heterocycles. The van der Waals surface area contributed by atoms with Gasteiger partial charge in [-0.15, -0.1) is 11.3 Å². The molecule has 0 bridgehead atoms. The fraction of sp³-hybridized carbons (Fsp3) is 0.154. The fourth-order valence-electron chi connectivity index (χ4n) is 1.53. The molecule has 1 aromatic heterocycles. The van der Waals surface area contributed by atoms with Gasteiger partial charge in [-0.3, -0.25) is 0 Å². The Kier molecular flexibility index (Phi) is 2.89. The molecule has 2 rings (SSSR count). The van der Waals surface area contributed by atoms with Crippen LogP contribution in [0.5, 0.6) is 0 Å². The Bertz CT molecular complexity index is 457. The molecule has 15 heavy (non-hydrogen) atoms. The molecular formula is C13H14NS. The Balaban J connectivity index is 2.42. The van der Waals surface area contributed by atoms with Gasteiger partial charge in [0.15, 0.2) is 0 Å². The lowest BCUT2D eigenvalue weighted by Gasteiger charge is -2.02. The quantitative estimate of drug-likeness (QED) is 0.815. The average Bonchev–Trinajstić information content (AvgIpc) is 2.67. The van der Waals surface area contributed by atoms with Gasteiger partial charge in [-0.25, -0.2) is 0 Å². The normalized spacial score (nSPS) is 12.7. The zero-order chi connectivity index (χ0) is 10.8. The maximum absolute atomic E-state index is 5.84. The van der Waals surface area contributed by atoms with Gasteiger partial charge in [0.25, 0.3) is 0 Å². The van der Waals surface area contributed by atoms with E-state index in [9.17, 15) is 0 Å². The smallest absolute Gasteiger partial charge is 0.0361 e. The summed E-state index contributed by atoms with van der Waals surface area (Å²) in [5.74, 6) is 0. The predicted molar refractivity (Wildman–Crippen MR) is 66.8 cm³/mol. The van der Waals surface area contributed by atoms with Crippen molar-refractivity contribution < 1.29 is 0 Å². The number of nitrogens with two attached hydrogens (primary N) is 1. The van der Waals surface area contributed by atoms with Gasteiger partial charge in [0, 0.05) is 10.9 Å². The van der Waals surface area contributed by atoms with Gasteiger partial charge >= 0.3 is 0 Å². The van der Waals surface area contributed by atoms with Gasteiger partial charge in [-0.2, -0.15) is 0 Å². The third-order valence-electron chi connectivity index (χ3n) is 2.40. The lowest BCUT2D eigenvalue weighted by atomic mass is 10.0. The molecule has 77 valence electrons. The Hall–Kier alpha value is -1.12. The van der Waals surface area contributed by atoms with Crippen LogP contribution >= 0.6 is 11.3 Å². The van der Waals surface area contributed by atoms with E-state index in [0.717, 1.165) is 5.56 Å². The number of hydrogen-bond acceptors (Lipinski definition) is 2. The van der Waals surface area contributed by atoms with E-state index in [2.05, 4.69) is 24.4 Å². The molecule has 0 fully saturated rings. The lowest BCUT2D eigenvalue weighted by Crippen LogP contribution is -2.01. The van der Waals surface area contributed by atoms with E-state index in [1.807, 2.05) is 25.1 Å². The second-order valence-corrected chi connectivity index (χ2v) is 4.63. The van der Waals surface area contributed by atoms with Crippen molar-refractivity contribution in [3.8, 4) is 11.1 Å². The Labute approximate surface area is 94.6 Å². The molecule has 0 saturated heterocycles. The highest BCUT2D eigenvalue weighted by atomic mass is 32.1. The molecule has 0 aliphatic heterocycles. The van der Waals surface area contributed by atoms with Crippen molar-refractivity contribution >= 4 is 11.3 Å². The summed E-state index contributed by atoms with van der Waals surface area (Å²) >= 11 is 1.71. The van der Waals surface area contributed by atoms with E-state index < -0.39 is 0 Å². The number of rotatable bonds is 2. The zero-order valence-electron chi connectivity index (χ0n) is 8.73. The minimum Gasteiger partial charge on any atom is -0.324 e. The summed E-state index contributed by atoms with van der Waals surface area (Å²) in [6, 6.07) is 10.4. The van der Waals surface area contributed by atoms with Gasteiger partial charge in [-0.05, 0) is 42.0 Å². The molecule has 0 amide bonds. The first kappa shape index (κ1) is 10.4. The molecule has 2 aromatic rings. The van der Waals surface area contributed by atoms with Crippen LogP contribution < -0.4 is 5.73 Å². The van der Waals surface area contributed by atoms with Crippen LogP contribution in [0, 0.1) is 6.92 Å². The predicted octanol–water partition coefficient (Wildman–Crippen LogP) is 3.62. The van der Waals surface area contributed by atoms with Crippen molar-refractivity contribution in [2.24, 2.45) is 5.73 Å². The van der Waals surface area contributed by atoms with Crippen LogP contribution in [-0.4, -0.2) is 0 Å². The van der Waals surface area contributed by atoms with E-state index in [1.165, 1.54) is 16.0 Å². The minimum atomic E-state index is 0.112. The van der Waals surface area contributed by atoms with Crippen molar-refractivity contribution in [2.45, 2.75) is 13.0 Å². The largest absolute Gasteiger partial charge is 0.324 e. The van der Waals surface area contributed by atoms with Crippen LogP contribution in [0.4, 0.5) is 0 Å². The summed E-state index contributed by atoms with van der Waals surface area (Å²) in [5.41, 5.74) is 9.31. The lowest BCUT2D eigenvalue weighted by molar-refractivity contribution is 0.838. The summed E-state index contributed by atoms with van der Waals surface area (Å²) in [6.07, 6.45) is 0. The van der Waals surface area contributed by atoms with Crippen molar-refractivity contribution in [3.63, 3.8) is 0 Å². The molecule has 2 heteroatoms. The van der Waals surface area contributed by atoms with E-state index >= 15 is 0 Å². The summed E-state index contributed by atoms with van der Waals surface area (Å²) < 4.78 is 0. The molecule has 1 atom stereocenters. The third kappa shape index (κ3) is 2.11. The Morgan fingerprint density at radius 1 is 1.33 bits per heavy atom. The number of benzene rings is 1. The summed E-state index contributed by atoms with van der Waals surface area (Å²) in [5, 5.41) is 2.14. The maximum atomic E-state index is 5.84. The molecule has 0 aliphatic rings. The monoisotopic (exact) mass is 216 g/mol. The van der Waals surface area contributed by atoms with Crippen LogP contribution in [-0.2, 0) is 0 Å².